The van der Waals surface area contributed by atoms with Crippen LogP contribution in [0.15, 0.2) is 48.8 Å². The molecule has 5 heteroatoms. The molecule has 0 saturated carbocycles. The minimum atomic E-state index is -0.0180. The standard InChI is InChI=1S/C19H23N3O2/c1-24-16-13-17(19-20-11-12-21-19)22(14-16)18(23)10-6-5-9-15-7-3-2-4-8-15/h2-5,7-9,11-12,16-17H,6,10,13-14H2,1H3,(H,20,21)/b9-5+/t16-,17?/m1/s1. The van der Waals surface area contributed by atoms with Crippen LogP contribution in [0.2, 0.25) is 0 Å². The Kier molecular flexibility index (Phi) is 5.43. The number of allylic oxidation sites excluding steroid dienone is 1. The summed E-state index contributed by atoms with van der Waals surface area (Å²) in [7, 11) is 1.69. The fraction of sp³-hybridized carbons (Fsp3) is 0.368. The van der Waals surface area contributed by atoms with Crippen molar-refractivity contribution in [2.45, 2.75) is 31.4 Å². The Labute approximate surface area is 142 Å². The van der Waals surface area contributed by atoms with E-state index in [0.29, 0.717) is 13.0 Å². The maximum absolute atomic E-state index is 12.6. The van der Waals surface area contributed by atoms with Gasteiger partial charge < -0.3 is 14.6 Å². The summed E-state index contributed by atoms with van der Waals surface area (Å²) in [6.45, 7) is 0.628. The number of hydrogen-bond acceptors (Lipinski definition) is 3. The van der Waals surface area contributed by atoms with Crippen molar-refractivity contribution in [2.24, 2.45) is 0 Å². The third-order valence-electron chi connectivity index (χ3n) is 4.39. The van der Waals surface area contributed by atoms with Gasteiger partial charge in [-0.3, -0.25) is 4.79 Å². The first-order valence-corrected chi connectivity index (χ1v) is 8.31. The van der Waals surface area contributed by atoms with Gasteiger partial charge in [-0.05, 0) is 12.0 Å². The minimum Gasteiger partial charge on any atom is -0.380 e. The number of carbonyl (C=O) groups is 1. The van der Waals surface area contributed by atoms with Crippen LogP contribution in [0.3, 0.4) is 0 Å². The highest BCUT2D eigenvalue weighted by Crippen LogP contribution is 2.32. The van der Waals surface area contributed by atoms with E-state index in [0.717, 1.165) is 24.2 Å². The second-order valence-electron chi connectivity index (χ2n) is 5.98. The predicted molar refractivity (Wildman–Crippen MR) is 93.2 cm³/mol. The van der Waals surface area contributed by atoms with Gasteiger partial charge in [-0.1, -0.05) is 42.5 Å². The number of methoxy groups -OCH3 is 1. The first-order valence-electron chi connectivity index (χ1n) is 8.31. The third-order valence-corrected chi connectivity index (χ3v) is 4.39. The lowest BCUT2D eigenvalue weighted by atomic mass is 10.1. The fourth-order valence-corrected chi connectivity index (χ4v) is 3.10. The van der Waals surface area contributed by atoms with Gasteiger partial charge in [0.15, 0.2) is 0 Å². The molecule has 0 bridgehead atoms. The molecule has 2 aromatic rings. The number of amides is 1. The molecule has 2 heterocycles. The van der Waals surface area contributed by atoms with Gasteiger partial charge in [0.1, 0.15) is 5.82 Å². The molecule has 1 unspecified atom stereocenters. The summed E-state index contributed by atoms with van der Waals surface area (Å²) in [5.41, 5.74) is 1.15. The Balaban J connectivity index is 1.57. The molecule has 1 fully saturated rings. The summed E-state index contributed by atoms with van der Waals surface area (Å²) in [4.78, 5) is 22.0. The smallest absolute Gasteiger partial charge is 0.223 e. The van der Waals surface area contributed by atoms with Crippen molar-refractivity contribution in [1.29, 1.82) is 0 Å². The van der Waals surface area contributed by atoms with Gasteiger partial charge >= 0.3 is 0 Å². The number of imidazole rings is 1. The molecular formula is C19H23N3O2. The molecule has 3 rings (SSSR count). The first kappa shape index (κ1) is 16.5. The SMILES string of the molecule is CO[C@@H]1CC(c2ncc[nH]2)N(C(=O)CC/C=C/c2ccccc2)C1. The van der Waals surface area contributed by atoms with E-state index < -0.39 is 0 Å². The number of carbonyl (C=O) groups excluding carboxylic acids is 1. The number of benzene rings is 1. The van der Waals surface area contributed by atoms with Crippen molar-refractivity contribution >= 4 is 12.0 Å². The number of H-pyrrole nitrogens is 1. The molecule has 1 aromatic heterocycles. The second kappa shape index (κ2) is 7.93. The third kappa shape index (κ3) is 3.92. The van der Waals surface area contributed by atoms with Crippen LogP contribution in [-0.4, -0.2) is 40.5 Å². The number of likely N-dealkylation sites (tertiary alicyclic amines) is 1. The molecule has 0 radical (unpaired) electrons. The second-order valence-corrected chi connectivity index (χ2v) is 5.98. The first-order chi connectivity index (χ1) is 11.8. The quantitative estimate of drug-likeness (QED) is 0.887. The number of ether oxygens (including phenoxy) is 1. The van der Waals surface area contributed by atoms with E-state index in [9.17, 15) is 4.79 Å². The molecule has 2 atom stereocenters. The number of hydrogen-bond donors (Lipinski definition) is 1. The van der Waals surface area contributed by atoms with E-state index in [2.05, 4.69) is 34.3 Å². The zero-order valence-corrected chi connectivity index (χ0v) is 13.9. The lowest BCUT2D eigenvalue weighted by molar-refractivity contribution is -0.132. The van der Waals surface area contributed by atoms with Crippen molar-refractivity contribution in [3.05, 3.63) is 60.2 Å². The zero-order chi connectivity index (χ0) is 16.8. The predicted octanol–water partition coefficient (Wildman–Crippen LogP) is 3.19. The summed E-state index contributed by atoms with van der Waals surface area (Å²) >= 11 is 0. The highest BCUT2D eigenvalue weighted by molar-refractivity contribution is 5.77. The highest BCUT2D eigenvalue weighted by atomic mass is 16.5. The molecular weight excluding hydrogens is 302 g/mol. The van der Waals surface area contributed by atoms with Crippen LogP contribution in [0, 0.1) is 0 Å². The zero-order valence-electron chi connectivity index (χ0n) is 13.9. The Hall–Kier alpha value is -2.40. The Morgan fingerprint density at radius 3 is 2.96 bits per heavy atom. The molecule has 1 aromatic carbocycles. The monoisotopic (exact) mass is 325 g/mol. The van der Waals surface area contributed by atoms with E-state index in [1.165, 1.54) is 0 Å². The molecule has 1 saturated heterocycles. The average Bonchev–Trinajstić information content (AvgIpc) is 3.28. The number of nitrogens with zero attached hydrogens (tertiary/aromatic N) is 2. The lowest BCUT2D eigenvalue weighted by Gasteiger charge is -2.22. The van der Waals surface area contributed by atoms with E-state index in [-0.39, 0.29) is 18.1 Å². The van der Waals surface area contributed by atoms with Gasteiger partial charge in [-0.15, -0.1) is 0 Å². The van der Waals surface area contributed by atoms with Crippen molar-refractivity contribution < 1.29 is 9.53 Å². The largest absolute Gasteiger partial charge is 0.380 e. The summed E-state index contributed by atoms with van der Waals surface area (Å²) in [6.07, 6.45) is 9.71. The molecule has 24 heavy (non-hydrogen) atoms. The van der Waals surface area contributed by atoms with E-state index in [1.807, 2.05) is 23.1 Å². The normalized spacial score (nSPS) is 20.8. The number of aromatic nitrogens is 2. The van der Waals surface area contributed by atoms with Crippen LogP contribution >= 0.6 is 0 Å². The van der Waals surface area contributed by atoms with Gasteiger partial charge in [-0.2, -0.15) is 0 Å². The van der Waals surface area contributed by atoms with E-state index in [4.69, 9.17) is 4.74 Å². The Morgan fingerprint density at radius 2 is 2.25 bits per heavy atom. The average molecular weight is 325 g/mol. The number of rotatable bonds is 6. The molecule has 1 aliphatic heterocycles. The van der Waals surface area contributed by atoms with Crippen LogP contribution in [0.25, 0.3) is 6.08 Å². The van der Waals surface area contributed by atoms with Gasteiger partial charge in [0.2, 0.25) is 5.91 Å². The fourth-order valence-electron chi connectivity index (χ4n) is 3.10. The summed E-state index contributed by atoms with van der Waals surface area (Å²) in [5.74, 6) is 0.983. The van der Waals surface area contributed by atoms with Gasteiger partial charge in [0.05, 0.1) is 12.1 Å². The summed E-state index contributed by atoms with van der Waals surface area (Å²) in [5, 5.41) is 0. The van der Waals surface area contributed by atoms with Crippen LogP contribution in [-0.2, 0) is 9.53 Å². The lowest BCUT2D eigenvalue weighted by Crippen LogP contribution is -2.32. The Bertz CT molecular complexity index is 667. The molecule has 1 N–H and O–H groups in total. The maximum atomic E-state index is 12.6. The van der Waals surface area contributed by atoms with Gasteiger partial charge in [0, 0.05) is 38.9 Å². The van der Waals surface area contributed by atoms with E-state index in [1.54, 1.807) is 19.5 Å². The molecule has 126 valence electrons. The van der Waals surface area contributed by atoms with E-state index >= 15 is 0 Å². The van der Waals surface area contributed by atoms with Crippen molar-refractivity contribution in [1.82, 2.24) is 14.9 Å². The Morgan fingerprint density at radius 1 is 1.42 bits per heavy atom. The van der Waals surface area contributed by atoms with Crippen molar-refractivity contribution in [3.63, 3.8) is 0 Å². The minimum absolute atomic E-state index is 0.0180. The van der Waals surface area contributed by atoms with Crippen molar-refractivity contribution in [2.75, 3.05) is 13.7 Å². The van der Waals surface area contributed by atoms with Crippen LogP contribution in [0.1, 0.15) is 36.7 Å². The van der Waals surface area contributed by atoms with Crippen LogP contribution in [0.5, 0.6) is 0 Å². The highest BCUT2D eigenvalue weighted by Gasteiger charge is 2.37. The molecule has 5 nitrogen and oxygen atoms in total. The maximum Gasteiger partial charge on any atom is 0.223 e. The molecule has 1 amide bonds. The van der Waals surface area contributed by atoms with Crippen molar-refractivity contribution in [3.8, 4) is 0 Å². The van der Waals surface area contributed by atoms with Gasteiger partial charge in [0.25, 0.3) is 0 Å². The summed E-state index contributed by atoms with van der Waals surface area (Å²) < 4.78 is 5.45. The molecule has 1 aliphatic rings. The van der Waals surface area contributed by atoms with Gasteiger partial charge in [-0.25, -0.2) is 4.98 Å². The number of aromatic amines is 1. The van der Waals surface area contributed by atoms with Crippen LogP contribution in [0.4, 0.5) is 0 Å². The summed E-state index contributed by atoms with van der Waals surface area (Å²) in [6, 6.07) is 10.1. The molecule has 0 aliphatic carbocycles. The molecule has 0 spiro atoms. The van der Waals surface area contributed by atoms with Crippen LogP contribution < -0.4 is 0 Å². The topological polar surface area (TPSA) is 58.2 Å². The number of nitrogens with one attached hydrogen (secondary N) is 1.